The molecule has 0 saturated carbocycles. The summed E-state index contributed by atoms with van der Waals surface area (Å²) in [6.45, 7) is 1.92. The summed E-state index contributed by atoms with van der Waals surface area (Å²) in [5.41, 5.74) is 2.93. The van der Waals surface area contributed by atoms with Gasteiger partial charge in [-0.25, -0.2) is 0 Å². The molecule has 6 heteroatoms. The molecule has 0 fully saturated rings. The lowest BCUT2D eigenvalue weighted by Crippen LogP contribution is -2.25. The SMILES string of the molecule is Cc1ccc(/C=C/C(=O)Nc2ccc3c(c2)NC(=O)CO3)cc1Cl. The fourth-order valence-corrected chi connectivity index (χ4v) is 2.42. The minimum atomic E-state index is -0.283. The first-order chi connectivity index (χ1) is 11.5. The fraction of sp³-hybridized carbons (Fsp3) is 0.111. The summed E-state index contributed by atoms with van der Waals surface area (Å²) in [6, 6.07) is 10.6. The summed E-state index contributed by atoms with van der Waals surface area (Å²) in [7, 11) is 0. The highest BCUT2D eigenvalue weighted by Crippen LogP contribution is 2.30. The Labute approximate surface area is 144 Å². The van der Waals surface area contributed by atoms with Gasteiger partial charge in [0.2, 0.25) is 5.91 Å². The number of rotatable bonds is 3. The zero-order valence-corrected chi connectivity index (χ0v) is 13.7. The van der Waals surface area contributed by atoms with Crippen LogP contribution in [0.1, 0.15) is 11.1 Å². The maximum atomic E-state index is 12.0. The Morgan fingerprint density at radius 1 is 1.29 bits per heavy atom. The average Bonchev–Trinajstić information content (AvgIpc) is 2.55. The molecule has 2 aromatic carbocycles. The Morgan fingerprint density at radius 3 is 2.92 bits per heavy atom. The molecule has 2 aromatic rings. The smallest absolute Gasteiger partial charge is 0.262 e. The van der Waals surface area contributed by atoms with Gasteiger partial charge < -0.3 is 15.4 Å². The van der Waals surface area contributed by atoms with Crippen LogP contribution in [0, 0.1) is 6.92 Å². The summed E-state index contributed by atoms with van der Waals surface area (Å²) in [5.74, 6) is 0.0780. The van der Waals surface area contributed by atoms with Crippen LogP contribution in [0.2, 0.25) is 5.02 Å². The summed E-state index contributed by atoms with van der Waals surface area (Å²) in [6.07, 6.45) is 3.11. The van der Waals surface area contributed by atoms with Gasteiger partial charge in [-0.15, -0.1) is 0 Å². The second-order valence-corrected chi connectivity index (χ2v) is 5.79. The summed E-state index contributed by atoms with van der Waals surface area (Å²) < 4.78 is 5.27. The lowest BCUT2D eigenvalue weighted by atomic mass is 10.1. The van der Waals surface area contributed by atoms with Gasteiger partial charge in [0.25, 0.3) is 5.91 Å². The number of carbonyl (C=O) groups is 2. The van der Waals surface area contributed by atoms with Crippen LogP contribution >= 0.6 is 11.6 Å². The number of aryl methyl sites for hydroxylation is 1. The van der Waals surface area contributed by atoms with Crippen LogP contribution in [0.4, 0.5) is 11.4 Å². The molecule has 3 rings (SSSR count). The topological polar surface area (TPSA) is 67.4 Å². The van der Waals surface area contributed by atoms with Crippen LogP contribution in [0.15, 0.2) is 42.5 Å². The summed E-state index contributed by atoms with van der Waals surface area (Å²) in [4.78, 5) is 23.3. The van der Waals surface area contributed by atoms with Crippen molar-refractivity contribution >= 4 is 40.9 Å². The molecule has 5 nitrogen and oxygen atoms in total. The molecule has 0 bridgehead atoms. The molecule has 0 saturated heterocycles. The van der Waals surface area contributed by atoms with Crippen molar-refractivity contribution in [2.24, 2.45) is 0 Å². The number of ether oxygens (including phenoxy) is 1. The van der Waals surface area contributed by atoms with Gasteiger partial charge in [-0.3, -0.25) is 9.59 Å². The van der Waals surface area contributed by atoms with E-state index in [1.54, 1.807) is 30.3 Å². The number of carbonyl (C=O) groups excluding carboxylic acids is 2. The van der Waals surface area contributed by atoms with Crippen molar-refractivity contribution in [3.8, 4) is 5.75 Å². The number of fused-ring (bicyclic) bond motifs is 1. The maximum Gasteiger partial charge on any atom is 0.262 e. The molecule has 0 aliphatic carbocycles. The molecule has 2 amide bonds. The number of anilines is 2. The quantitative estimate of drug-likeness (QED) is 0.837. The number of hydrogen-bond donors (Lipinski definition) is 2. The number of benzene rings is 2. The maximum absolute atomic E-state index is 12.0. The molecule has 0 spiro atoms. The predicted molar refractivity (Wildman–Crippen MR) is 94.4 cm³/mol. The van der Waals surface area contributed by atoms with Gasteiger partial charge in [0.05, 0.1) is 5.69 Å². The van der Waals surface area contributed by atoms with Crippen molar-refractivity contribution in [2.45, 2.75) is 6.92 Å². The molecule has 1 aliphatic heterocycles. The average molecular weight is 343 g/mol. The van der Waals surface area contributed by atoms with Crippen LogP contribution < -0.4 is 15.4 Å². The molecule has 0 radical (unpaired) electrons. The molecule has 0 atom stereocenters. The number of hydrogen-bond acceptors (Lipinski definition) is 3. The van der Waals surface area contributed by atoms with E-state index in [9.17, 15) is 9.59 Å². The van der Waals surface area contributed by atoms with Crippen molar-refractivity contribution in [1.82, 2.24) is 0 Å². The normalized spacial score (nSPS) is 13.2. The van der Waals surface area contributed by atoms with Gasteiger partial charge in [0, 0.05) is 16.8 Å². The lowest BCUT2D eigenvalue weighted by molar-refractivity contribution is -0.118. The predicted octanol–water partition coefficient (Wildman–Crippen LogP) is 3.63. The highest BCUT2D eigenvalue weighted by molar-refractivity contribution is 6.31. The van der Waals surface area contributed by atoms with E-state index in [4.69, 9.17) is 16.3 Å². The van der Waals surface area contributed by atoms with E-state index in [0.29, 0.717) is 22.1 Å². The van der Waals surface area contributed by atoms with Crippen LogP contribution in [-0.4, -0.2) is 18.4 Å². The summed E-state index contributed by atoms with van der Waals surface area (Å²) >= 11 is 6.06. The molecular formula is C18H15ClN2O3. The lowest BCUT2D eigenvalue weighted by Gasteiger charge is -2.18. The van der Waals surface area contributed by atoms with E-state index in [1.807, 2.05) is 19.1 Å². The first kappa shape index (κ1) is 16.1. The third-order valence-electron chi connectivity index (χ3n) is 3.50. The van der Waals surface area contributed by atoms with Crippen molar-refractivity contribution < 1.29 is 14.3 Å². The molecule has 0 aromatic heterocycles. The number of amides is 2. The van der Waals surface area contributed by atoms with Gasteiger partial charge in [-0.05, 0) is 48.4 Å². The third-order valence-corrected chi connectivity index (χ3v) is 3.91. The van der Waals surface area contributed by atoms with Crippen molar-refractivity contribution in [3.05, 3.63) is 58.6 Å². The molecule has 2 N–H and O–H groups in total. The first-order valence-corrected chi connectivity index (χ1v) is 7.71. The second-order valence-electron chi connectivity index (χ2n) is 5.38. The Bertz CT molecular complexity index is 846. The molecule has 24 heavy (non-hydrogen) atoms. The second kappa shape index (κ2) is 6.76. The van der Waals surface area contributed by atoms with E-state index in [0.717, 1.165) is 11.1 Å². The Morgan fingerprint density at radius 2 is 2.12 bits per heavy atom. The van der Waals surface area contributed by atoms with Crippen LogP contribution in [-0.2, 0) is 9.59 Å². The first-order valence-electron chi connectivity index (χ1n) is 7.33. The van der Waals surface area contributed by atoms with E-state index in [1.165, 1.54) is 6.08 Å². The van der Waals surface area contributed by atoms with E-state index in [2.05, 4.69) is 10.6 Å². The monoisotopic (exact) mass is 342 g/mol. The number of nitrogens with one attached hydrogen (secondary N) is 2. The largest absolute Gasteiger partial charge is 0.482 e. The Kier molecular flexibility index (Phi) is 4.53. The van der Waals surface area contributed by atoms with Crippen LogP contribution in [0.25, 0.3) is 6.08 Å². The Balaban J connectivity index is 1.68. The highest BCUT2D eigenvalue weighted by atomic mass is 35.5. The molecule has 122 valence electrons. The van der Waals surface area contributed by atoms with Crippen LogP contribution in [0.3, 0.4) is 0 Å². The van der Waals surface area contributed by atoms with Gasteiger partial charge >= 0.3 is 0 Å². The van der Waals surface area contributed by atoms with Gasteiger partial charge in [-0.2, -0.15) is 0 Å². The van der Waals surface area contributed by atoms with Crippen molar-refractivity contribution in [2.75, 3.05) is 17.2 Å². The van der Waals surface area contributed by atoms with Gasteiger partial charge in [-0.1, -0.05) is 23.7 Å². The summed E-state index contributed by atoms with van der Waals surface area (Å²) in [5, 5.41) is 6.09. The molecular weight excluding hydrogens is 328 g/mol. The fourth-order valence-electron chi connectivity index (χ4n) is 2.23. The van der Waals surface area contributed by atoms with Gasteiger partial charge in [0.1, 0.15) is 5.75 Å². The minimum absolute atomic E-state index is 0.000549. The number of halogens is 1. The van der Waals surface area contributed by atoms with Gasteiger partial charge in [0.15, 0.2) is 6.61 Å². The van der Waals surface area contributed by atoms with Crippen LogP contribution in [0.5, 0.6) is 5.75 Å². The van der Waals surface area contributed by atoms with Crippen molar-refractivity contribution in [3.63, 3.8) is 0 Å². The van der Waals surface area contributed by atoms with E-state index >= 15 is 0 Å². The minimum Gasteiger partial charge on any atom is -0.482 e. The Hall–Kier alpha value is -2.79. The molecule has 0 unspecified atom stereocenters. The highest BCUT2D eigenvalue weighted by Gasteiger charge is 2.16. The zero-order chi connectivity index (χ0) is 17.1. The molecule has 1 aliphatic rings. The van der Waals surface area contributed by atoms with Crippen molar-refractivity contribution in [1.29, 1.82) is 0 Å². The zero-order valence-electron chi connectivity index (χ0n) is 12.9. The van der Waals surface area contributed by atoms with E-state index in [-0.39, 0.29) is 18.4 Å². The molecule has 1 heterocycles. The third kappa shape index (κ3) is 3.75. The van der Waals surface area contributed by atoms with E-state index < -0.39 is 0 Å². The standard InChI is InChI=1S/C18H15ClN2O3/c1-11-2-3-12(8-14(11)19)4-7-17(22)20-13-5-6-16-15(9-13)21-18(23)10-24-16/h2-9H,10H2,1H3,(H,20,22)(H,21,23)/b7-4+.